The van der Waals surface area contributed by atoms with Crippen LogP contribution in [0.1, 0.15) is 10.4 Å². The van der Waals surface area contributed by atoms with Gasteiger partial charge in [0.15, 0.2) is 14.1 Å². The first-order valence-electron chi connectivity index (χ1n) is 6.81. The summed E-state index contributed by atoms with van der Waals surface area (Å²) in [6, 6.07) is 12.9. The predicted molar refractivity (Wildman–Crippen MR) is 98.7 cm³/mol. The summed E-state index contributed by atoms with van der Waals surface area (Å²) in [6.45, 7) is 0. The van der Waals surface area contributed by atoms with Crippen molar-refractivity contribution in [3.05, 3.63) is 68.9 Å². The third kappa shape index (κ3) is 3.92. The first-order valence-corrected chi connectivity index (χ1v) is 9.40. The molecule has 3 aromatic rings. The first kappa shape index (κ1) is 17.3. The minimum absolute atomic E-state index is 0.0694. The maximum Gasteiger partial charge on any atom is 0.184 e. The molecule has 0 amide bonds. The Balaban J connectivity index is 1.74. The number of halogens is 2. The van der Waals surface area contributed by atoms with E-state index in [9.17, 15) is 9.18 Å². The molecule has 3 rings (SSSR count). The van der Waals surface area contributed by atoms with E-state index in [0.717, 1.165) is 0 Å². The SMILES string of the molecule is O=C(CSc1nn(-c2ccc(F)cc2)c(=S)s1)c1ccccc1Cl. The van der Waals surface area contributed by atoms with Crippen LogP contribution in [0.5, 0.6) is 0 Å². The zero-order valence-corrected chi connectivity index (χ0v) is 15.3. The van der Waals surface area contributed by atoms with Gasteiger partial charge in [-0.15, -0.1) is 5.10 Å². The molecule has 122 valence electrons. The van der Waals surface area contributed by atoms with Crippen molar-refractivity contribution in [3.8, 4) is 5.69 Å². The number of rotatable bonds is 5. The Morgan fingerprint density at radius 3 is 2.67 bits per heavy atom. The zero-order chi connectivity index (χ0) is 17.1. The molecule has 0 N–H and O–H groups in total. The van der Waals surface area contributed by atoms with Gasteiger partial charge >= 0.3 is 0 Å². The lowest BCUT2D eigenvalue weighted by molar-refractivity contribution is 0.102. The van der Waals surface area contributed by atoms with Crippen LogP contribution in [-0.2, 0) is 0 Å². The molecular weight excluding hydrogens is 387 g/mol. The van der Waals surface area contributed by atoms with Crippen molar-refractivity contribution in [1.82, 2.24) is 9.78 Å². The highest BCUT2D eigenvalue weighted by Gasteiger charge is 2.13. The molecular formula is C16H10ClFN2OS3. The Kier molecular flexibility index (Phi) is 5.45. The van der Waals surface area contributed by atoms with Crippen LogP contribution in [0.2, 0.25) is 5.02 Å². The Morgan fingerprint density at radius 1 is 1.25 bits per heavy atom. The monoisotopic (exact) mass is 396 g/mol. The molecule has 0 aliphatic carbocycles. The molecule has 0 bridgehead atoms. The third-order valence-corrected chi connectivity index (χ3v) is 5.80. The molecule has 3 nitrogen and oxygen atoms in total. The van der Waals surface area contributed by atoms with Crippen molar-refractivity contribution in [2.75, 3.05) is 5.75 Å². The van der Waals surface area contributed by atoms with Gasteiger partial charge in [0.25, 0.3) is 0 Å². The van der Waals surface area contributed by atoms with Crippen LogP contribution in [0.25, 0.3) is 5.69 Å². The second-order valence-electron chi connectivity index (χ2n) is 4.71. The van der Waals surface area contributed by atoms with Gasteiger partial charge in [-0.2, -0.15) is 0 Å². The minimum atomic E-state index is -0.319. The van der Waals surface area contributed by atoms with E-state index in [-0.39, 0.29) is 17.4 Å². The van der Waals surface area contributed by atoms with E-state index in [2.05, 4.69) is 5.10 Å². The number of hydrogen-bond donors (Lipinski definition) is 0. The zero-order valence-electron chi connectivity index (χ0n) is 12.1. The van der Waals surface area contributed by atoms with Gasteiger partial charge in [0.05, 0.1) is 16.5 Å². The molecule has 0 radical (unpaired) electrons. The van der Waals surface area contributed by atoms with Crippen LogP contribution >= 0.6 is 46.9 Å². The molecule has 0 saturated heterocycles. The molecule has 0 spiro atoms. The summed E-state index contributed by atoms with van der Waals surface area (Å²) in [6.07, 6.45) is 0. The molecule has 1 aromatic heterocycles. The number of carbonyl (C=O) groups is 1. The fraction of sp³-hybridized carbons (Fsp3) is 0.0625. The van der Waals surface area contributed by atoms with E-state index in [1.165, 1.54) is 35.2 Å². The van der Waals surface area contributed by atoms with E-state index in [4.69, 9.17) is 23.8 Å². The van der Waals surface area contributed by atoms with E-state index < -0.39 is 0 Å². The van der Waals surface area contributed by atoms with Crippen LogP contribution in [0.4, 0.5) is 4.39 Å². The number of hydrogen-bond acceptors (Lipinski definition) is 5. The summed E-state index contributed by atoms with van der Waals surface area (Å²) < 4.78 is 15.8. The maximum absolute atomic E-state index is 13.0. The second-order valence-corrected chi connectivity index (χ2v) is 7.97. The van der Waals surface area contributed by atoms with Crippen molar-refractivity contribution in [2.24, 2.45) is 0 Å². The van der Waals surface area contributed by atoms with Crippen molar-refractivity contribution in [1.29, 1.82) is 0 Å². The number of aromatic nitrogens is 2. The highest BCUT2D eigenvalue weighted by Crippen LogP contribution is 2.26. The van der Waals surface area contributed by atoms with Gasteiger partial charge in [0.2, 0.25) is 0 Å². The van der Waals surface area contributed by atoms with Gasteiger partial charge in [0, 0.05) is 5.56 Å². The molecule has 0 fully saturated rings. The summed E-state index contributed by atoms with van der Waals surface area (Å²) in [5.41, 5.74) is 1.18. The molecule has 0 atom stereocenters. The molecule has 8 heteroatoms. The van der Waals surface area contributed by atoms with Crippen molar-refractivity contribution in [3.63, 3.8) is 0 Å². The van der Waals surface area contributed by atoms with E-state index in [0.29, 0.717) is 24.6 Å². The lowest BCUT2D eigenvalue weighted by Gasteiger charge is -2.02. The molecule has 1 heterocycles. The molecule has 2 aromatic carbocycles. The quantitative estimate of drug-likeness (QED) is 0.327. The van der Waals surface area contributed by atoms with Crippen LogP contribution in [0, 0.1) is 9.77 Å². The van der Waals surface area contributed by atoms with Crippen LogP contribution in [0.3, 0.4) is 0 Å². The summed E-state index contributed by atoms with van der Waals surface area (Å²) in [5, 5.41) is 4.82. The molecule has 0 aliphatic rings. The van der Waals surface area contributed by atoms with Gasteiger partial charge in [-0.1, -0.05) is 46.8 Å². The summed E-state index contributed by atoms with van der Waals surface area (Å²) in [7, 11) is 0. The molecule has 0 aliphatic heterocycles. The Morgan fingerprint density at radius 2 is 1.96 bits per heavy atom. The lowest BCUT2D eigenvalue weighted by atomic mass is 10.1. The molecule has 0 saturated carbocycles. The number of thioether (sulfide) groups is 1. The summed E-state index contributed by atoms with van der Waals surface area (Å²) in [5.74, 6) is -0.171. The number of carbonyl (C=O) groups excluding carboxylic acids is 1. The largest absolute Gasteiger partial charge is 0.293 e. The number of nitrogens with zero attached hydrogens (tertiary/aromatic N) is 2. The predicted octanol–water partition coefficient (Wildman–Crippen LogP) is 5.43. The van der Waals surface area contributed by atoms with Crippen LogP contribution in [0.15, 0.2) is 52.9 Å². The second kappa shape index (κ2) is 7.57. The van der Waals surface area contributed by atoms with Crippen molar-refractivity contribution >= 4 is 52.7 Å². The highest BCUT2D eigenvalue weighted by molar-refractivity contribution is 8.01. The Hall–Kier alpha value is -1.54. The smallest absolute Gasteiger partial charge is 0.184 e. The topological polar surface area (TPSA) is 34.9 Å². The number of ketones is 1. The summed E-state index contributed by atoms with van der Waals surface area (Å²) in [4.78, 5) is 12.2. The van der Waals surface area contributed by atoms with Crippen molar-refractivity contribution < 1.29 is 9.18 Å². The van der Waals surface area contributed by atoms with Gasteiger partial charge in [-0.25, -0.2) is 9.07 Å². The van der Waals surface area contributed by atoms with Gasteiger partial charge in [-0.3, -0.25) is 4.79 Å². The average molecular weight is 397 g/mol. The normalized spacial score (nSPS) is 10.8. The van der Waals surface area contributed by atoms with Crippen LogP contribution < -0.4 is 0 Å². The average Bonchev–Trinajstić information content (AvgIpc) is 2.95. The van der Waals surface area contributed by atoms with Gasteiger partial charge in [-0.05, 0) is 48.6 Å². The van der Waals surface area contributed by atoms with Gasteiger partial charge in [0.1, 0.15) is 5.82 Å². The third-order valence-electron chi connectivity index (χ3n) is 3.10. The van der Waals surface area contributed by atoms with Gasteiger partial charge < -0.3 is 0 Å². The fourth-order valence-corrected chi connectivity index (χ4v) is 4.44. The first-order chi connectivity index (χ1) is 11.5. The highest BCUT2D eigenvalue weighted by atomic mass is 35.5. The lowest BCUT2D eigenvalue weighted by Crippen LogP contribution is -2.03. The summed E-state index contributed by atoms with van der Waals surface area (Å²) >= 11 is 13.9. The number of Topliss-reactive ketones (excluding diaryl/α,β-unsaturated/α-hetero) is 1. The van der Waals surface area contributed by atoms with Crippen LogP contribution in [-0.4, -0.2) is 21.3 Å². The fourth-order valence-electron chi connectivity index (χ4n) is 1.96. The standard InChI is InChI=1S/C16H10ClFN2OS3/c17-13-4-2-1-3-12(13)14(21)9-23-15-19-20(16(22)24-15)11-7-5-10(18)6-8-11/h1-8H,9H2. The van der Waals surface area contributed by atoms with E-state index in [1.807, 2.05) is 0 Å². The van der Waals surface area contributed by atoms with E-state index in [1.54, 1.807) is 41.1 Å². The Labute approximate surface area is 156 Å². The van der Waals surface area contributed by atoms with Crippen molar-refractivity contribution in [2.45, 2.75) is 4.34 Å². The molecule has 0 unspecified atom stereocenters. The molecule has 24 heavy (non-hydrogen) atoms. The number of benzene rings is 2. The Bertz CT molecular complexity index is 937. The maximum atomic E-state index is 13.0. The van der Waals surface area contributed by atoms with E-state index >= 15 is 0 Å². The minimum Gasteiger partial charge on any atom is -0.293 e.